The van der Waals surface area contributed by atoms with Crippen LogP contribution >= 0.6 is 0 Å². The Morgan fingerprint density at radius 1 is 1.83 bits per heavy atom. The summed E-state index contributed by atoms with van der Waals surface area (Å²) in [7, 11) is 0. The fraction of sp³-hybridized carbons (Fsp3) is 0.875. The average Bonchev–Trinajstić information content (AvgIpc) is 2.56. The van der Waals surface area contributed by atoms with Crippen molar-refractivity contribution in [2.75, 3.05) is 13.2 Å². The number of rotatable bonds is 3. The highest BCUT2D eigenvalue weighted by Gasteiger charge is 2.23. The second-order valence-corrected chi connectivity index (χ2v) is 3.09. The van der Waals surface area contributed by atoms with E-state index in [2.05, 4.69) is 5.32 Å². The van der Waals surface area contributed by atoms with Crippen LogP contribution in [0.25, 0.3) is 0 Å². The van der Waals surface area contributed by atoms with Gasteiger partial charge < -0.3 is 15.2 Å². The molecular weight excluding hydrogens is 158 g/mol. The smallest absolute Gasteiger partial charge is 0.249 e. The summed E-state index contributed by atoms with van der Waals surface area (Å²) in [5.41, 5.74) is 0. The maximum Gasteiger partial charge on any atom is 0.249 e. The summed E-state index contributed by atoms with van der Waals surface area (Å²) in [6.07, 6.45) is 1.45. The SMILES string of the molecule is CC(CO)NC(=O)[C@H]1CCCO1. The standard InChI is InChI=1S/C8H15NO3/c1-6(5-10)9-8(11)7-3-2-4-12-7/h6-7,10H,2-5H2,1H3,(H,9,11)/t6?,7-/m1/s1. The van der Waals surface area contributed by atoms with Gasteiger partial charge in [0.2, 0.25) is 5.91 Å². The molecule has 1 fully saturated rings. The minimum atomic E-state index is -0.293. The van der Waals surface area contributed by atoms with E-state index in [9.17, 15) is 4.79 Å². The minimum Gasteiger partial charge on any atom is -0.394 e. The van der Waals surface area contributed by atoms with Gasteiger partial charge in [-0.15, -0.1) is 0 Å². The number of aliphatic hydroxyl groups is 1. The topological polar surface area (TPSA) is 58.6 Å². The number of hydrogen-bond donors (Lipinski definition) is 2. The van der Waals surface area contributed by atoms with E-state index < -0.39 is 0 Å². The van der Waals surface area contributed by atoms with Crippen molar-refractivity contribution < 1.29 is 14.6 Å². The second kappa shape index (κ2) is 4.42. The van der Waals surface area contributed by atoms with Crippen molar-refractivity contribution in [2.24, 2.45) is 0 Å². The molecule has 0 aromatic carbocycles. The van der Waals surface area contributed by atoms with Crippen molar-refractivity contribution in [3.8, 4) is 0 Å². The lowest BCUT2D eigenvalue weighted by atomic mass is 10.2. The maximum absolute atomic E-state index is 11.3. The summed E-state index contributed by atoms with van der Waals surface area (Å²) in [6, 6.07) is -0.179. The summed E-state index contributed by atoms with van der Waals surface area (Å²) < 4.78 is 5.17. The number of carbonyl (C=O) groups is 1. The van der Waals surface area contributed by atoms with Crippen molar-refractivity contribution in [1.82, 2.24) is 5.32 Å². The lowest BCUT2D eigenvalue weighted by Crippen LogP contribution is -2.41. The van der Waals surface area contributed by atoms with Gasteiger partial charge in [0.25, 0.3) is 0 Å². The van der Waals surface area contributed by atoms with Gasteiger partial charge in [0.15, 0.2) is 0 Å². The number of ether oxygens (including phenoxy) is 1. The van der Waals surface area contributed by atoms with Crippen molar-refractivity contribution in [3.63, 3.8) is 0 Å². The van der Waals surface area contributed by atoms with Crippen LogP contribution in [0, 0.1) is 0 Å². The third kappa shape index (κ3) is 2.46. The summed E-state index contributed by atoms with van der Waals surface area (Å²) >= 11 is 0. The van der Waals surface area contributed by atoms with Crippen LogP contribution in [0.4, 0.5) is 0 Å². The first-order valence-corrected chi connectivity index (χ1v) is 4.27. The van der Waals surface area contributed by atoms with Crippen LogP contribution in [0.1, 0.15) is 19.8 Å². The van der Waals surface area contributed by atoms with E-state index in [1.165, 1.54) is 0 Å². The third-order valence-electron chi connectivity index (χ3n) is 1.88. The van der Waals surface area contributed by atoms with E-state index in [0.717, 1.165) is 12.8 Å². The van der Waals surface area contributed by atoms with Crippen molar-refractivity contribution >= 4 is 5.91 Å². The van der Waals surface area contributed by atoms with E-state index >= 15 is 0 Å². The Morgan fingerprint density at radius 2 is 2.58 bits per heavy atom. The lowest BCUT2D eigenvalue weighted by Gasteiger charge is -2.14. The van der Waals surface area contributed by atoms with Crippen LogP contribution in [0.5, 0.6) is 0 Å². The molecule has 1 unspecified atom stereocenters. The van der Waals surface area contributed by atoms with E-state index in [1.54, 1.807) is 6.92 Å². The van der Waals surface area contributed by atoms with Crippen molar-refractivity contribution in [2.45, 2.75) is 31.9 Å². The number of nitrogens with one attached hydrogen (secondary N) is 1. The zero-order valence-corrected chi connectivity index (χ0v) is 7.25. The molecule has 4 nitrogen and oxygen atoms in total. The van der Waals surface area contributed by atoms with Crippen molar-refractivity contribution in [1.29, 1.82) is 0 Å². The molecule has 70 valence electrons. The van der Waals surface area contributed by atoms with E-state index in [0.29, 0.717) is 6.61 Å². The molecule has 2 atom stereocenters. The van der Waals surface area contributed by atoms with Gasteiger partial charge in [-0.25, -0.2) is 0 Å². The molecule has 0 aliphatic carbocycles. The zero-order chi connectivity index (χ0) is 8.97. The monoisotopic (exact) mass is 173 g/mol. The molecule has 1 rings (SSSR count). The van der Waals surface area contributed by atoms with Crippen LogP contribution in [-0.4, -0.2) is 36.4 Å². The molecular formula is C8H15NO3. The Kier molecular flexibility index (Phi) is 3.49. The first-order chi connectivity index (χ1) is 5.74. The summed E-state index contributed by atoms with van der Waals surface area (Å²) in [5, 5.41) is 11.3. The molecule has 1 heterocycles. The number of amides is 1. The average molecular weight is 173 g/mol. The summed E-state index contributed by atoms with van der Waals surface area (Å²) in [4.78, 5) is 11.3. The van der Waals surface area contributed by atoms with Crippen LogP contribution in [0.2, 0.25) is 0 Å². The molecule has 0 aromatic heterocycles. The molecule has 1 aliphatic rings. The molecule has 0 radical (unpaired) electrons. The number of aliphatic hydroxyl groups excluding tert-OH is 1. The van der Waals surface area contributed by atoms with Gasteiger partial charge in [-0.3, -0.25) is 4.79 Å². The number of carbonyl (C=O) groups excluding carboxylic acids is 1. The second-order valence-electron chi connectivity index (χ2n) is 3.09. The fourth-order valence-electron chi connectivity index (χ4n) is 1.17. The highest BCUT2D eigenvalue weighted by atomic mass is 16.5. The van der Waals surface area contributed by atoms with Gasteiger partial charge in [0, 0.05) is 12.6 Å². The molecule has 4 heteroatoms. The molecule has 0 saturated carbocycles. The first-order valence-electron chi connectivity index (χ1n) is 4.27. The normalized spacial score (nSPS) is 25.3. The van der Waals surface area contributed by atoms with Gasteiger partial charge in [-0.05, 0) is 19.8 Å². The minimum absolute atomic E-state index is 0.0293. The van der Waals surface area contributed by atoms with Crippen LogP contribution < -0.4 is 5.32 Å². The molecule has 0 bridgehead atoms. The van der Waals surface area contributed by atoms with E-state index in [4.69, 9.17) is 9.84 Å². The van der Waals surface area contributed by atoms with Gasteiger partial charge in [0.1, 0.15) is 6.10 Å². The summed E-state index contributed by atoms with van der Waals surface area (Å²) in [6.45, 7) is 2.40. The molecule has 12 heavy (non-hydrogen) atoms. The van der Waals surface area contributed by atoms with Crippen LogP contribution in [-0.2, 0) is 9.53 Å². The molecule has 0 spiro atoms. The number of hydrogen-bond acceptors (Lipinski definition) is 3. The predicted octanol–water partition coefficient (Wildman–Crippen LogP) is -0.338. The Labute approximate surface area is 71.9 Å². The Morgan fingerprint density at radius 3 is 3.08 bits per heavy atom. The fourth-order valence-corrected chi connectivity index (χ4v) is 1.17. The van der Waals surface area contributed by atoms with E-state index in [1.807, 2.05) is 0 Å². The largest absolute Gasteiger partial charge is 0.394 e. The van der Waals surface area contributed by atoms with Crippen LogP contribution in [0.15, 0.2) is 0 Å². The van der Waals surface area contributed by atoms with E-state index in [-0.39, 0.29) is 24.7 Å². The molecule has 1 saturated heterocycles. The van der Waals surface area contributed by atoms with Gasteiger partial charge in [0.05, 0.1) is 6.61 Å². The third-order valence-corrected chi connectivity index (χ3v) is 1.88. The zero-order valence-electron chi connectivity index (χ0n) is 7.25. The summed E-state index contributed by atoms with van der Waals surface area (Å²) in [5.74, 6) is -0.103. The highest BCUT2D eigenvalue weighted by molar-refractivity contribution is 5.81. The molecule has 0 aromatic rings. The highest BCUT2D eigenvalue weighted by Crippen LogP contribution is 2.11. The lowest BCUT2D eigenvalue weighted by molar-refractivity contribution is -0.130. The Balaban J connectivity index is 2.27. The van der Waals surface area contributed by atoms with Crippen LogP contribution in [0.3, 0.4) is 0 Å². The Hall–Kier alpha value is -0.610. The maximum atomic E-state index is 11.3. The predicted molar refractivity (Wildman–Crippen MR) is 43.7 cm³/mol. The van der Waals surface area contributed by atoms with Gasteiger partial charge in [-0.1, -0.05) is 0 Å². The molecule has 2 N–H and O–H groups in total. The van der Waals surface area contributed by atoms with Gasteiger partial charge >= 0.3 is 0 Å². The van der Waals surface area contributed by atoms with Gasteiger partial charge in [-0.2, -0.15) is 0 Å². The van der Waals surface area contributed by atoms with Crippen molar-refractivity contribution in [3.05, 3.63) is 0 Å². The Bertz CT molecular complexity index is 154. The quantitative estimate of drug-likeness (QED) is 0.614. The first kappa shape index (κ1) is 9.48. The molecule has 1 aliphatic heterocycles. The molecule has 1 amide bonds.